The molecule has 0 aliphatic heterocycles. The van der Waals surface area contributed by atoms with Crippen LogP contribution in [0.25, 0.3) is 75.5 Å². The molecule has 294 valence electrons. The Bertz CT molecular complexity index is 3290. The molecule has 0 radical (unpaired) electrons. The van der Waals surface area contributed by atoms with Gasteiger partial charge in [0.2, 0.25) is 0 Å². The summed E-state index contributed by atoms with van der Waals surface area (Å²) in [5, 5.41) is 5.08. The Labute approximate surface area is 363 Å². The molecule has 0 atom stereocenters. The molecule has 9 aromatic carbocycles. The first-order valence-corrected chi connectivity index (χ1v) is 22.2. The van der Waals surface area contributed by atoms with Crippen molar-refractivity contribution in [2.75, 3.05) is 4.90 Å². The SMILES string of the molecule is CC(C)(C)c1ccc(-c2ccc(-c3ccc(N(c4ccc5c(c4)-c4ccccc4C5(C)C)c4ccc5ccccc5c4-c4ccc5sc6ccccc6c5c4)cc3)cc2)cc1. The van der Waals surface area contributed by atoms with Crippen molar-refractivity contribution in [3.63, 3.8) is 0 Å². The van der Waals surface area contributed by atoms with Gasteiger partial charge in [-0.1, -0.05) is 180 Å². The van der Waals surface area contributed by atoms with E-state index in [1.807, 2.05) is 11.3 Å². The topological polar surface area (TPSA) is 3.24 Å². The molecule has 61 heavy (non-hydrogen) atoms. The molecule has 0 saturated heterocycles. The molecule has 1 nitrogen and oxygen atoms in total. The average Bonchev–Trinajstić information content (AvgIpc) is 3.77. The minimum Gasteiger partial charge on any atom is -0.310 e. The van der Waals surface area contributed by atoms with Gasteiger partial charge in [0.1, 0.15) is 0 Å². The molecule has 1 aliphatic rings. The zero-order chi connectivity index (χ0) is 41.5. The highest BCUT2D eigenvalue weighted by Crippen LogP contribution is 2.52. The summed E-state index contributed by atoms with van der Waals surface area (Å²) in [6.07, 6.45) is 0. The summed E-state index contributed by atoms with van der Waals surface area (Å²) in [6, 6.07) is 72.6. The van der Waals surface area contributed by atoms with E-state index in [2.05, 4.69) is 234 Å². The fraction of sp³-hybridized carbons (Fsp3) is 0.119. The van der Waals surface area contributed by atoms with Gasteiger partial charge in [-0.05, 0) is 120 Å². The van der Waals surface area contributed by atoms with Crippen LogP contribution in [0.3, 0.4) is 0 Å². The van der Waals surface area contributed by atoms with Crippen LogP contribution in [0.4, 0.5) is 17.1 Å². The summed E-state index contributed by atoms with van der Waals surface area (Å²) in [5.74, 6) is 0. The van der Waals surface area contributed by atoms with E-state index in [0.29, 0.717) is 0 Å². The second-order valence-corrected chi connectivity index (χ2v) is 19.3. The van der Waals surface area contributed by atoms with Gasteiger partial charge in [0.05, 0.1) is 5.69 Å². The number of hydrogen-bond donors (Lipinski definition) is 0. The number of benzene rings is 9. The summed E-state index contributed by atoms with van der Waals surface area (Å²) in [5.41, 5.74) is 17.5. The van der Waals surface area contributed by atoms with Crippen molar-refractivity contribution < 1.29 is 0 Å². The number of nitrogens with zero attached hydrogens (tertiary/aromatic N) is 1. The van der Waals surface area contributed by atoms with Crippen molar-refractivity contribution in [2.45, 2.75) is 45.4 Å². The van der Waals surface area contributed by atoms with E-state index in [1.165, 1.54) is 92.1 Å². The van der Waals surface area contributed by atoms with Gasteiger partial charge in [-0.25, -0.2) is 0 Å². The minimum absolute atomic E-state index is 0.0742. The highest BCUT2D eigenvalue weighted by molar-refractivity contribution is 7.25. The number of thiophene rings is 1. The first-order chi connectivity index (χ1) is 29.6. The van der Waals surface area contributed by atoms with E-state index in [9.17, 15) is 0 Å². The third-order valence-electron chi connectivity index (χ3n) is 13.1. The largest absolute Gasteiger partial charge is 0.310 e. The molecule has 2 heteroatoms. The maximum atomic E-state index is 2.49. The molecule has 10 aromatic rings. The Morgan fingerprint density at radius 2 is 0.984 bits per heavy atom. The van der Waals surface area contributed by atoms with Gasteiger partial charge in [-0.15, -0.1) is 11.3 Å². The normalized spacial score (nSPS) is 13.1. The monoisotopic (exact) mass is 801 g/mol. The second kappa shape index (κ2) is 14.2. The first kappa shape index (κ1) is 37.3. The number of anilines is 3. The fourth-order valence-corrected chi connectivity index (χ4v) is 10.8. The van der Waals surface area contributed by atoms with E-state index in [1.54, 1.807) is 0 Å². The summed E-state index contributed by atoms with van der Waals surface area (Å²) < 4.78 is 2.63. The van der Waals surface area contributed by atoms with Crippen molar-refractivity contribution in [2.24, 2.45) is 0 Å². The first-order valence-electron chi connectivity index (χ1n) is 21.4. The minimum atomic E-state index is -0.0742. The van der Waals surface area contributed by atoms with Crippen LogP contribution in [0, 0.1) is 0 Å². The van der Waals surface area contributed by atoms with E-state index in [-0.39, 0.29) is 10.8 Å². The van der Waals surface area contributed by atoms with Crippen LogP contribution in [-0.2, 0) is 10.8 Å². The quantitative estimate of drug-likeness (QED) is 0.162. The second-order valence-electron chi connectivity index (χ2n) is 18.2. The Balaban J connectivity index is 1.06. The van der Waals surface area contributed by atoms with E-state index in [0.717, 1.165) is 17.1 Å². The highest BCUT2D eigenvalue weighted by Gasteiger charge is 2.35. The maximum absolute atomic E-state index is 2.49. The van der Waals surface area contributed by atoms with Gasteiger partial charge in [-0.2, -0.15) is 0 Å². The van der Waals surface area contributed by atoms with Crippen molar-refractivity contribution in [1.82, 2.24) is 0 Å². The zero-order valence-electron chi connectivity index (χ0n) is 35.3. The van der Waals surface area contributed by atoms with Crippen LogP contribution in [0.1, 0.15) is 51.3 Å². The van der Waals surface area contributed by atoms with Gasteiger partial charge in [0.25, 0.3) is 0 Å². The van der Waals surface area contributed by atoms with Crippen LogP contribution in [-0.4, -0.2) is 0 Å². The van der Waals surface area contributed by atoms with Crippen molar-refractivity contribution in [1.29, 1.82) is 0 Å². The van der Waals surface area contributed by atoms with Gasteiger partial charge < -0.3 is 4.90 Å². The summed E-state index contributed by atoms with van der Waals surface area (Å²) in [4.78, 5) is 2.49. The van der Waals surface area contributed by atoms with Crippen LogP contribution in [0.2, 0.25) is 0 Å². The third-order valence-corrected chi connectivity index (χ3v) is 14.2. The lowest BCUT2D eigenvalue weighted by Gasteiger charge is -2.30. The van der Waals surface area contributed by atoms with Crippen LogP contribution in [0.5, 0.6) is 0 Å². The Kier molecular flexibility index (Phi) is 8.67. The predicted octanol–water partition coefficient (Wildman–Crippen LogP) is 17.3. The van der Waals surface area contributed by atoms with Gasteiger partial charge in [0, 0.05) is 42.5 Å². The molecule has 0 spiro atoms. The van der Waals surface area contributed by atoms with Crippen LogP contribution in [0.15, 0.2) is 194 Å². The molecule has 0 fully saturated rings. The summed E-state index contributed by atoms with van der Waals surface area (Å²) >= 11 is 1.87. The predicted molar refractivity (Wildman–Crippen MR) is 264 cm³/mol. The fourth-order valence-electron chi connectivity index (χ4n) is 9.73. The van der Waals surface area contributed by atoms with Crippen molar-refractivity contribution >= 4 is 59.3 Å². The molecule has 0 unspecified atom stereocenters. The molecule has 0 saturated carbocycles. The smallest absolute Gasteiger partial charge is 0.0546 e. The third kappa shape index (κ3) is 6.28. The van der Waals surface area contributed by atoms with E-state index in [4.69, 9.17) is 0 Å². The zero-order valence-corrected chi connectivity index (χ0v) is 36.1. The Morgan fingerprint density at radius 1 is 0.426 bits per heavy atom. The molecular formula is C59H47NS. The molecule has 1 heterocycles. The van der Waals surface area contributed by atoms with Gasteiger partial charge in [0.15, 0.2) is 0 Å². The van der Waals surface area contributed by atoms with E-state index >= 15 is 0 Å². The lowest BCUT2D eigenvalue weighted by atomic mass is 9.82. The lowest BCUT2D eigenvalue weighted by molar-refractivity contribution is 0.590. The lowest BCUT2D eigenvalue weighted by Crippen LogP contribution is -2.15. The molecule has 0 N–H and O–H groups in total. The number of rotatable bonds is 6. The van der Waals surface area contributed by atoms with Crippen molar-refractivity contribution in [3.8, 4) is 44.5 Å². The Hall–Kier alpha value is -6.74. The highest BCUT2D eigenvalue weighted by atomic mass is 32.1. The van der Waals surface area contributed by atoms with Gasteiger partial charge >= 0.3 is 0 Å². The standard InChI is InChI=1S/C59H47NS/c1-58(2,3)44-28-22-40(23-29-44)38-18-20-39(21-19-38)41-24-30-45(31-25-41)60(46-32-33-53-50(37-46)48-14-8-10-16-52(48)59(53,4)5)54-34-26-42-12-6-7-13-47(42)57(54)43-27-35-56-51(36-43)49-15-9-11-17-55(49)61-56/h6-37H,1-5H3. The van der Waals surface area contributed by atoms with Gasteiger partial charge in [-0.3, -0.25) is 0 Å². The number of fused-ring (bicyclic) bond motifs is 7. The molecular weight excluding hydrogens is 755 g/mol. The number of hydrogen-bond acceptors (Lipinski definition) is 2. The molecule has 11 rings (SSSR count). The van der Waals surface area contributed by atoms with Crippen molar-refractivity contribution in [3.05, 3.63) is 211 Å². The molecule has 1 aliphatic carbocycles. The summed E-state index contributed by atoms with van der Waals surface area (Å²) in [6.45, 7) is 11.5. The molecule has 1 aromatic heterocycles. The van der Waals surface area contributed by atoms with Crippen LogP contribution >= 0.6 is 11.3 Å². The summed E-state index contributed by atoms with van der Waals surface area (Å²) in [7, 11) is 0. The maximum Gasteiger partial charge on any atom is 0.0546 e. The Morgan fingerprint density at radius 3 is 1.70 bits per heavy atom. The average molecular weight is 802 g/mol. The molecule has 0 amide bonds. The van der Waals surface area contributed by atoms with E-state index < -0.39 is 0 Å². The molecule has 0 bridgehead atoms. The van der Waals surface area contributed by atoms with Crippen LogP contribution < -0.4 is 4.90 Å².